The number of carbonyl (C=O) groups is 1. The van der Waals surface area contributed by atoms with Gasteiger partial charge in [0.1, 0.15) is 5.52 Å². The summed E-state index contributed by atoms with van der Waals surface area (Å²) in [5.41, 5.74) is 8.04. The Morgan fingerprint density at radius 1 is 0.900 bits per heavy atom. The molecule has 10 heteroatoms. The first-order chi connectivity index (χ1) is 19.7. The molecular formula is C30H27N9O. The summed E-state index contributed by atoms with van der Waals surface area (Å²) in [6.07, 6.45) is 9.58. The largest absolute Gasteiger partial charge is 0.336 e. The molecule has 1 aliphatic heterocycles. The molecule has 0 atom stereocenters. The fourth-order valence-corrected chi connectivity index (χ4v) is 5.33. The van der Waals surface area contributed by atoms with Gasteiger partial charge in [-0.3, -0.25) is 19.9 Å². The Labute approximate surface area is 229 Å². The minimum Gasteiger partial charge on any atom is -0.336 e. The molecule has 40 heavy (non-hydrogen) atoms. The van der Waals surface area contributed by atoms with E-state index in [1.165, 1.54) is 0 Å². The van der Waals surface area contributed by atoms with E-state index in [1.807, 2.05) is 54.7 Å². The molecular weight excluding hydrogens is 502 g/mol. The summed E-state index contributed by atoms with van der Waals surface area (Å²) in [4.78, 5) is 34.5. The van der Waals surface area contributed by atoms with Crippen LogP contribution >= 0.6 is 0 Å². The van der Waals surface area contributed by atoms with Crippen LogP contribution in [0.1, 0.15) is 19.3 Å². The van der Waals surface area contributed by atoms with Crippen LogP contribution in [0.5, 0.6) is 0 Å². The molecule has 6 heterocycles. The number of anilines is 1. The fraction of sp³-hybridized carbons (Fsp3) is 0.200. The lowest BCUT2D eigenvalue weighted by molar-refractivity contribution is -0.117. The van der Waals surface area contributed by atoms with Crippen molar-refractivity contribution in [2.24, 2.45) is 5.92 Å². The first-order valence-corrected chi connectivity index (χ1v) is 13.4. The lowest BCUT2D eigenvalue weighted by Gasteiger charge is -2.21. The van der Waals surface area contributed by atoms with Crippen molar-refractivity contribution in [3.8, 4) is 33.9 Å². The molecule has 1 fully saturated rings. The molecule has 1 saturated heterocycles. The number of imidazole rings is 1. The van der Waals surface area contributed by atoms with Gasteiger partial charge in [0, 0.05) is 41.7 Å². The van der Waals surface area contributed by atoms with E-state index in [4.69, 9.17) is 9.97 Å². The van der Waals surface area contributed by atoms with Crippen molar-refractivity contribution in [2.75, 3.05) is 18.4 Å². The quantitative estimate of drug-likeness (QED) is 0.239. The third kappa shape index (κ3) is 4.69. The summed E-state index contributed by atoms with van der Waals surface area (Å²) in [5.74, 6) is 1.06. The van der Waals surface area contributed by atoms with Gasteiger partial charge in [-0.2, -0.15) is 5.10 Å². The van der Waals surface area contributed by atoms with Crippen LogP contribution in [-0.2, 0) is 4.79 Å². The monoisotopic (exact) mass is 529 g/mol. The standard InChI is InChI=1S/C30H27N9O/c40-26(13-18-8-11-31-12-9-18)34-21-14-20(16-33-17-21)23-6-7-25-28(35-23)29(39-38-25)30-36-24-5-1-4-22(27(24)37-30)19-3-2-10-32-15-19/h1-7,10,14-18,31H,8-9,11-13H2,(H,34,40)(H,36,37)(H,38,39). The van der Waals surface area contributed by atoms with Crippen molar-refractivity contribution in [3.63, 3.8) is 0 Å². The third-order valence-electron chi connectivity index (χ3n) is 7.37. The summed E-state index contributed by atoms with van der Waals surface area (Å²) < 4.78 is 0. The normalized spacial score (nSPS) is 14.1. The number of nitrogens with one attached hydrogen (secondary N) is 4. The number of para-hydroxylation sites is 1. The number of pyridine rings is 3. The Balaban J connectivity index is 1.19. The Morgan fingerprint density at radius 3 is 2.67 bits per heavy atom. The molecule has 5 aromatic heterocycles. The predicted molar refractivity (Wildman–Crippen MR) is 154 cm³/mol. The van der Waals surface area contributed by atoms with Crippen LogP contribution in [0.15, 0.2) is 73.3 Å². The van der Waals surface area contributed by atoms with Crippen molar-refractivity contribution in [1.82, 2.24) is 40.4 Å². The van der Waals surface area contributed by atoms with Gasteiger partial charge in [-0.05, 0) is 62.2 Å². The predicted octanol–water partition coefficient (Wildman–Crippen LogP) is 4.95. The van der Waals surface area contributed by atoms with E-state index >= 15 is 0 Å². The molecule has 0 bridgehead atoms. The maximum absolute atomic E-state index is 12.7. The molecule has 0 spiro atoms. The Bertz CT molecular complexity index is 1820. The Hall–Kier alpha value is -4.96. The van der Waals surface area contributed by atoms with Gasteiger partial charge in [0.15, 0.2) is 11.5 Å². The van der Waals surface area contributed by atoms with Crippen LogP contribution in [0.2, 0.25) is 0 Å². The van der Waals surface area contributed by atoms with Gasteiger partial charge in [-0.1, -0.05) is 18.2 Å². The lowest BCUT2D eigenvalue weighted by atomic mass is 9.94. The van der Waals surface area contributed by atoms with Gasteiger partial charge in [0.2, 0.25) is 5.91 Å². The van der Waals surface area contributed by atoms with Gasteiger partial charge in [-0.25, -0.2) is 9.97 Å². The first-order valence-electron chi connectivity index (χ1n) is 13.4. The smallest absolute Gasteiger partial charge is 0.224 e. The van der Waals surface area contributed by atoms with Gasteiger partial charge in [0.05, 0.1) is 34.1 Å². The number of amides is 1. The molecule has 1 aliphatic rings. The highest BCUT2D eigenvalue weighted by Gasteiger charge is 2.19. The first kappa shape index (κ1) is 24.1. The van der Waals surface area contributed by atoms with Gasteiger partial charge in [0.25, 0.3) is 0 Å². The Kier molecular flexibility index (Phi) is 6.21. The van der Waals surface area contributed by atoms with E-state index in [9.17, 15) is 4.79 Å². The number of piperidine rings is 1. The molecule has 1 aromatic carbocycles. The van der Waals surface area contributed by atoms with E-state index in [1.54, 1.807) is 18.6 Å². The summed E-state index contributed by atoms with van der Waals surface area (Å²) in [6.45, 7) is 1.94. The molecule has 0 aliphatic carbocycles. The highest BCUT2D eigenvalue weighted by atomic mass is 16.1. The summed E-state index contributed by atoms with van der Waals surface area (Å²) in [5, 5.41) is 14.0. The minimum absolute atomic E-state index is 0.0157. The maximum atomic E-state index is 12.7. The van der Waals surface area contributed by atoms with E-state index in [0.29, 0.717) is 35.1 Å². The second-order valence-corrected chi connectivity index (χ2v) is 10.1. The SMILES string of the molecule is O=C(CC1CCNCC1)Nc1cncc(-c2ccc3[nH]nc(-c4nc5c(-c6cccnc6)cccc5[nH]4)c3n2)c1. The maximum Gasteiger partial charge on any atom is 0.224 e. The van der Waals surface area contributed by atoms with Crippen LogP contribution in [0, 0.1) is 5.92 Å². The van der Waals surface area contributed by atoms with E-state index < -0.39 is 0 Å². The fourth-order valence-electron chi connectivity index (χ4n) is 5.33. The number of carbonyl (C=O) groups excluding carboxylic acids is 1. The number of hydrogen-bond donors (Lipinski definition) is 4. The average Bonchev–Trinajstić information content (AvgIpc) is 3.62. The molecule has 1 amide bonds. The lowest BCUT2D eigenvalue weighted by Crippen LogP contribution is -2.30. The van der Waals surface area contributed by atoms with Crippen LogP contribution in [-0.4, -0.2) is 54.1 Å². The number of benzene rings is 1. The minimum atomic E-state index is 0.0157. The van der Waals surface area contributed by atoms with E-state index in [-0.39, 0.29) is 5.91 Å². The summed E-state index contributed by atoms with van der Waals surface area (Å²) in [7, 11) is 0. The van der Waals surface area contributed by atoms with Crippen LogP contribution in [0.3, 0.4) is 0 Å². The molecule has 6 aromatic rings. The zero-order valence-electron chi connectivity index (χ0n) is 21.7. The highest BCUT2D eigenvalue weighted by Crippen LogP contribution is 2.32. The second kappa shape index (κ2) is 10.3. The number of fused-ring (bicyclic) bond motifs is 2. The molecule has 10 nitrogen and oxygen atoms in total. The van der Waals surface area contributed by atoms with E-state index in [0.717, 1.165) is 64.9 Å². The number of rotatable bonds is 6. The van der Waals surface area contributed by atoms with Crippen LogP contribution in [0.25, 0.3) is 56.0 Å². The number of nitrogens with zero attached hydrogens (tertiary/aromatic N) is 5. The van der Waals surface area contributed by atoms with Crippen molar-refractivity contribution >= 4 is 33.7 Å². The number of aromatic nitrogens is 7. The molecule has 7 rings (SSSR count). The zero-order chi connectivity index (χ0) is 26.9. The van der Waals surface area contributed by atoms with Crippen LogP contribution in [0.4, 0.5) is 5.69 Å². The number of H-pyrrole nitrogens is 2. The highest BCUT2D eigenvalue weighted by molar-refractivity contribution is 5.96. The number of aromatic amines is 2. The van der Waals surface area contributed by atoms with Gasteiger partial charge in [-0.15, -0.1) is 0 Å². The third-order valence-corrected chi connectivity index (χ3v) is 7.37. The van der Waals surface area contributed by atoms with Crippen LogP contribution < -0.4 is 10.6 Å². The van der Waals surface area contributed by atoms with Gasteiger partial charge >= 0.3 is 0 Å². The molecule has 4 N–H and O–H groups in total. The van der Waals surface area contributed by atoms with Crippen molar-refractivity contribution in [1.29, 1.82) is 0 Å². The van der Waals surface area contributed by atoms with Crippen molar-refractivity contribution < 1.29 is 4.79 Å². The molecule has 0 unspecified atom stereocenters. The summed E-state index contributed by atoms with van der Waals surface area (Å²) >= 11 is 0. The number of hydrogen-bond acceptors (Lipinski definition) is 7. The molecule has 198 valence electrons. The molecule has 0 radical (unpaired) electrons. The molecule has 0 saturated carbocycles. The van der Waals surface area contributed by atoms with Gasteiger partial charge < -0.3 is 15.6 Å². The average molecular weight is 530 g/mol. The Morgan fingerprint density at radius 2 is 1.80 bits per heavy atom. The van der Waals surface area contributed by atoms with E-state index in [2.05, 4.69) is 35.8 Å². The zero-order valence-corrected chi connectivity index (χ0v) is 21.7. The topological polar surface area (TPSA) is 137 Å². The van der Waals surface area contributed by atoms with Crippen molar-refractivity contribution in [3.05, 3.63) is 73.3 Å². The van der Waals surface area contributed by atoms with Crippen molar-refractivity contribution in [2.45, 2.75) is 19.3 Å². The second-order valence-electron chi connectivity index (χ2n) is 10.1. The summed E-state index contributed by atoms with van der Waals surface area (Å²) in [6, 6.07) is 15.7.